The highest BCUT2D eigenvalue weighted by atomic mass is 16.1. The summed E-state index contributed by atoms with van der Waals surface area (Å²) in [5, 5.41) is 10.2. The van der Waals surface area contributed by atoms with Gasteiger partial charge < -0.3 is 4.98 Å². The van der Waals surface area contributed by atoms with E-state index in [2.05, 4.69) is 21.0 Å². The van der Waals surface area contributed by atoms with E-state index in [1.54, 1.807) is 49.4 Å². The minimum Gasteiger partial charge on any atom is -0.340 e. The number of imidazole rings is 1. The van der Waals surface area contributed by atoms with E-state index in [1.165, 1.54) is 4.57 Å². The van der Waals surface area contributed by atoms with Gasteiger partial charge in [0.25, 0.3) is 5.56 Å². The zero-order valence-electron chi connectivity index (χ0n) is 17.1. The fraction of sp³-hybridized carbons (Fsp3) is 0.0800. The second-order valence-corrected chi connectivity index (χ2v) is 7.43. The van der Waals surface area contributed by atoms with Crippen LogP contribution >= 0.6 is 0 Å². The van der Waals surface area contributed by atoms with Crippen LogP contribution in [0.2, 0.25) is 0 Å². The average Bonchev–Trinajstić information content (AvgIpc) is 3.24. The number of hydrogen-bond acceptors (Lipinski definition) is 5. The lowest BCUT2D eigenvalue weighted by atomic mass is 9.98. The Balaban J connectivity index is 1.51. The van der Waals surface area contributed by atoms with Crippen molar-refractivity contribution in [1.82, 2.24) is 19.5 Å². The fourth-order valence-electron chi connectivity index (χ4n) is 3.84. The minimum atomic E-state index is -1.06. The van der Waals surface area contributed by atoms with Crippen molar-refractivity contribution >= 4 is 27.7 Å². The maximum Gasteiger partial charge on any atom is 0.265 e. The maximum absolute atomic E-state index is 13.0. The molecule has 0 saturated carbocycles. The first-order valence-corrected chi connectivity index (χ1v) is 10.0. The second kappa shape index (κ2) is 7.60. The monoisotopic (exact) mass is 419 g/mol. The molecule has 154 valence electrons. The Morgan fingerprint density at radius 2 is 1.66 bits per heavy atom. The minimum absolute atomic E-state index is 0.177. The summed E-state index contributed by atoms with van der Waals surface area (Å²) in [6, 6.07) is 23.2. The molecule has 7 nitrogen and oxygen atoms in total. The first-order chi connectivity index (χ1) is 15.6. The number of para-hydroxylation sites is 3. The molecule has 0 aliphatic rings. The molecule has 7 heteroatoms. The van der Waals surface area contributed by atoms with Crippen LogP contribution < -0.4 is 5.56 Å². The lowest BCUT2D eigenvalue weighted by molar-refractivity contribution is 0.0976. The Kier molecular flexibility index (Phi) is 4.61. The first kappa shape index (κ1) is 19.4. The van der Waals surface area contributed by atoms with Crippen molar-refractivity contribution < 1.29 is 4.79 Å². The molecule has 1 N–H and O–H groups in total. The summed E-state index contributed by atoms with van der Waals surface area (Å²) in [5.74, 6) is -0.558. The van der Waals surface area contributed by atoms with Crippen molar-refractivity contribution in [3.8, 4) is 11.8 Å². The van der Waals surface area contributed by atoms with E-state index in [-0.39, 0.29) is 11.3 Å². The van der Waals surface area contributed by atoms with Gasteiger partial charge in [-0.15, -0.1) is 0 Å². The number of nitrogens with zero attached hydrogens (tertiary/aromatic N) is 4. The highest BCUT2D eigenvalue weighted by Crippen LogP contribution is 2.22. The topological polar surface area (TPSA) is 104 Å². The van der Waals surface area contributed by atoms with Crippen molar-refractivity contribution in [1.29, 1.82) is 5.26 Å². The fourth-order valence-corrected chi connectivity index (χ4v) is 3.84. The van der Waals surface area contributed by atoms with Gasteiger partial charge in [0.2, 0.25) is 0 Å². The Labute approximate surface area is 182 Å². The summed E-state index contributed by atoms with van der Waals surface area (Å²) >= 11 is 0. The number of carbonyl (C=O) groups is 1. The van der Waals surface area contributed by atoms with Gasteiger partial charge in [0.1, 0.15) is 11.6 Å². The van der Waals surface area contributed by atoms with Gasteiger partial charge in [-0.05, 0) is 55.5 Å². The number of H-pyrrole nitrogens is 1. The molecular weight excluding hydrogens is 402 g/mol. The summed E-state index contributed by atoms with van der Waals surface area (Å²) in [4.78, 5) is 38.0. The van der Waals surface area contributed by atoms with Crippen LogP contribution in [0.4, 0.5) is 0 Å². The Hall–Kier alpha value is -4.57. The van der Waals surface area contributed by atoms with E-state index in [9.17, 15) is 14.9 Å². The number of nitriles is 1. The molecule has 1 atom stereocenters. The molecule has 0 fully saturated rings. The van der Waals surface area contributed by atoms with Crippen LogP contribution in [0.3, 0.4) is 0 Å². The number of hydrogen-bond donors (Lipinski definition) is 1. The summed E-state index contributed by atoms with van der Waals surface area (Å²) < 4.78 is 1.51. The lowest BCUT2D eigenvalue weighted by Crippen LogP contribution is -2.22. The third-order valence-corrected chi connectivity index (χ3v) is 5.43. The lowest BCUT2D eigenvalue weighted by Gasteiger charge is -2.12. The van der Waals surface area contributed by atoms with Gasteiger partial charge in [0, 0.05) is 5.56 Å². The van der Waals surface area contributed by atoms with Gasteiger partial charge in [-0.2, -0.15) is 5.26 Å². The number of benzene rings is 3. The number of aromatic nitrogens is 4. The van der Waals surface area contributed by atoms with Crippen molar-refractivity contribution in [2.75, 3.05) is 0 Å². The smallest absolute Gasteiger partial charge is 0.265 e. The van der Waals surface area contributed by atoms with Crippen molar-refractivity contribution in [3.05, 3.63) is 100 Å². The number of fused-ring (bicyclic) bond motifs is 2. The highest BCUT2D eigenvalue weighted by molar-refractivity contribution is 6.02. The van der Waals surface area contributed by atoms with Gasteiger partial charge in [0.05, 0.1) is 33.7 Å². The van der Waals surface area contributed by atoms with Crippen LogP contribution in [0, 0.1) is 18.3 Å². The van der Waals surface area contributed by atoms with E-state index < -0.39 is 5.92 Å². The summed E-state index contributed by atoms with van der Waals surface area (Å²) in [7, 11) is 0. The van der Waals surface area contributed by atoms with E-state index in [0.29, 0.717) is 39.3 Å². The molecule has 32 heavy (non-hydrogen) atoms. The number of carbonyl (C=O) groups excluding carboxylic acids is 1. The molecule has 5 rings (SSSR count). The molecule has 0 radical (unpaired) electrons. The molecule has 0 amide bonds. The molecule has 1 unspecified atom stereocenters. The van der Waals surface area contributed by atoms with Crippen molar-refractivity contribution in [3.63, 3.8) is 0 Å². The van der Waals surface area contributed by atoms with E-state index in [1.807, 2.05) is 30.3 Å². The quantitative estimate of drug-likeness (QED) is 0.442. The normalized spacial score (nSPS) is 12.0. The maximum atomic E-state index is 13.0. The molecular formula is C25H17N5O2. The molecule has 3 aromatic carbocycles. The van der Waals surface area contributed by atoms with Gasteiger partial charge in [-0.1, -0.05) is 24.3 Å². The molecule has 0 bridgehead atoms. The summed E-state index contributed by atoms with van der Waals surface area (Å²) in [5.41, 5.74) is 2.89. The van der Waals surface area contributed by atoms with Crippen molar-refractivity contribution in [2.45, 2.75) is 12.8 Å². The molecule has 0 aliphatic carbocycles. The van der Waals surface area contributed by atoms with E-state index in [0.717, 1.165) is 5.52 Å². The standard InChI is InChI=1S/C25H17N5O2/c1-15-27-20-7-3-2-6-18(20)25(32)30(15)17-12-10-16(11-13-17)23(31)19(14-26)24-28-21-8-4-5-9-22(21)29-24/h2-13,19H,1H3,(H,28,29). The number of nitrogens with one attached hydrogen (secondary N) is 1. The van der Waals surface area contributed by atoms with Crippen molar-refractivity contribution in [2.24, 2.45) is 0 Å². The number of aryl methyl sites for hydroxylation is 1. The van der Waals surface area contributed by atoms with Gasteiger partial charge >= 0.3 is 0 Å². The Morgan fingerprint density at radius 1 is 0.969 bits per heavy atom. The van der Waals surface area contributed by atoms with E-state index in [4.69, 9.17) is 0 Å². The van der Waals surface area contributed by atoms with Crippen LogP contribution in [-0.2, 0) is 0 Å². The summed E-state index contributed by atoms with van der Waals surface area (Å²) in [6.45, 7) is 1.76. The third-order valence-electron chi connectivity index (χ3n) is 5.43. The number of ketones is 1. The van der Waals surface area contributed by atoms with E-state index >= 15 is 0 Å². The molecule has 0 saturated heterocycles. The molecule has 2 heterocycles. The van der Waals surface area contributed by atoms with Crippen LogP contribution in [-0.4, -0.2) is 25.3 Å². The molecule has 0 spiro atoms. The molecule has 2 aromatic heterocycles. The predicted octanol–water partition coefficient (Wildman–Crippen LogP) is 4.06. The molecule has 0 aliphatic heterocycles. The zero-order valence-corrected chi connectivity index (χ0v) is 17.1. The number of Topliss-reactive ketones (excluding diaryl/α,β-unsaturated/α-hetero) is 1. The second-order valence-electron chi connectivity index (χ2n) is 7.43. The third kappa shape index (κ3) is 3.15. The first-order valence-electron chi connectivity index (χ1n) is 10.0. The van der Waals surface area contributed by atoms with Gasteiger partial charge in [-0.25, -0.2) is 9.97 Å². The van der Waals surface area contributed by atoms with Gasteiger partial charge in [-0.3, -0.25) is 14.2 Å². The number of aromatic amines is 1. The van der Waals surface area contributed by atoms with Gasteiger partial charge in [0.15, 0.2) is 11.7 Å². The zero-order chi connectivity index (χ0) is 22.2. The number of rotatable bonds is 4. The van der Waals surface area contributed by atoms with Crippen LogP contribution in [0.15, 0.2) is 77.6 Å². The van der Waals surface area contributed by atoms with Crippen LogP contribution in [0.5, 0.6) is 0 Å². The highest BCUT2D eigenvalue weighted by Gasteiger charge is 2.25. The Bertz CT molecular complexity index is 1560. The van der Waals surface area contributed by atoms with Crippen LogP contribution in [0.25, 0.3) is 27.6 Å². The summed E-state index contributed by atoms with van der Waals surface area (Å²) in [6.07, 6.45) is 0. The Morgan fingerprint density at radius 3 is 2.38 bits per heavy atom. The molecule has 5 aromatic rings. The SMILES string of the molecule is Cc1nc2ccccc2c(=O)n1-c1ccc(C(=O)C(C#N)c2nc3ccccc3[nH]2)cc1. The predicted molar refractivity (Wildman–Crippen MR) is 121 cm³/mol. The largest absolute Gasteiger partial charge is 0.340 e. The average molecular weight is 419 g/mol. The van der Waals surface area contributed by atoms with Crippen LogP contribution in [0.1, 0.15) is 27.9 Å².